The first-order valence-corrected chi connectivity index (χ1v) is 7.14. The molecule has 0 radical (unpaired) electrons. The smallest absolute Gasteiger partial charge is 0.259 e. The van der Waals surface area contributed by atoms with Gasteiger partial charge in [-0.05, 0) is 31.9 Å². The third-order valence-electron chi connectivity index (χ3n) is 3.68. The first-order valence-electron chi connectivity index (χ1n) is 7.14. The van der Waals surface area contributed by atoms with E-state index in [1.54, 1.807) is 23.1 Å². The highest BCUT2D eigenvalue weighted by Crippen LogP contribution is 2.28. The average molecular weight is 291 g/mol. The normalized spacial score (nSPS) is 18.3. The van der Waals surface area contributed by atoms with Crippen molar-refractivity contribution in [3.63, 3.8) is 0 Å². The van der Waals surface area contributed by atoms with Crippen LogP contribution in [-0.2, 0) is 4.79 Å². The first-order chi connectivity index (χ1) is 10.0. The predicted molar refractivity (Wildman–Crippen MR) is 79.8 cm³/mol. The highest BCUT2D eigenvalue weighted by molar-refractivity contribution is 6.02. The van der Waals surface area contributed by atoms with Gasteiger partial charge in [-0.1, -0.05) is 6.07 Å². The summed E-state index contributed by atoms with van der Waals surface area (Å²) in [4.78, 5) is 25.7. The van der Waals surface area contributed by atoms with Crippen molar-refractivity contribution in [1.82, 2.24) is 4.90 Å². The summed E-state index contributed by atoms with van der Waals surface area (Å²) in [6.07, 6.45) is 1.48. The van der Waals surface area contributed by atoms with E-state index in [9.17, 15) is 9.59 Å². The van der Waals surface area contributed by atoms with E-state index in [1.807, 2.05) is 6.92 Å². The van der Waals surface area contributed by atoms with Gasteiger partial charge >= 0.3 is 0 Å². The lowest BCUT2D eigenvalue weighted by molar-refractivity contribution is -0.123. The molecule has 1 aliphatic heterocycles. The van der Waals surface area contributed by atoms with Gasteiger partial charge in [0.05, 0.1) is 12.5 Å². The number of nitrogens with two attached hydrogens (primary N) is 2. The van der Waals surface area contributed by atoms with Crippen molar-refractivity contribution in [3.05, 3.63) is 23.8 Å². The number of nitrogen functional groups attached to an aromatic ring is 1. The maximum Gasteiger partial charge on any atom is 0.259 e. The number of rotatable bonds is 4. The van der Waals surface area contributed by atoms with Gasteiger partial charge < -0.3 is 21.1 Å². The second-order valence-electron chi connectivity index (χ2n) is 5.15. The minimum atomic E-state index is -0.362. The summed E-state index contributed by atoms with van der Waals surface area (Å²) in [5.41, 5.74) is 12.0. The molecule has 1 heterocycles. The van der Waals surface area contributed by atoms with Crippen LogP contribution < -0.4 is 16.2 Å². The van der Waals surface area contributed by atoms with Crippen LogP contribution in [0.1, 0.15) is 30.1 Å². The van der Waals surface area contributed by atoms with Crippen LogP contribution in [0.2, 0.25) is 0 Å². The van der Waals surface area contributed by atoms with E-state index in [-0.39, 0.29) is 17.7 Å². The van der Waals surface area contributed by atoms with Crippen molar-refractivity contribution in [3.8, 4) is 5.75 Å². The monoisotopic (exact) mass is 291 g/mol. The molecule has 0 bridgehead atoms. The number of hydrogen-bond donors (Lipinski definition) is 2. The van der Waals surface area contributed by atoms with Gasteiger partial charge in [0.1, 0.15) is 11.3 Å². The molecule has 6 nitrogen and oxygen atoms in total. The summed E-state index contributed by atoms with van der Waals surface area (Å²) in [5, 5.41) is 0. The second kappa shape index (κ2) is 6.47. The molecule has 114 valence electrons. The minimum Gasteiger partial charge on any atom is -0.493 e. The lowest BCUT2D eigenvalue weighted by Gasteiger charge is -2.31. The summed E-state index contributed by atoms with van der Waals surface area (Å²) in [6, 6.07) is 5.15. The van der Waals surface area contributed by atoms with Crippen molar-refractivity contribution >= 4 is 17.5 Å². The Morgan fingerprint density at radius 2 is 2.19 bits per heavy atom. The number of hydrogen-bond acceptors (Lipinski definition) is 4. The summed E-state index contributed by atoms with van der Waals surface area (Å²) < 4.78 is 5.48. The molecule has 1 fully saturated rings. The van der Waals surface area contributed by atoms with Crippen LogP contribution in [0.4, 0.5) is 5.69 Å². The zero-order chi connectivity index (χ0) is 15.4. The second-order valence-corrected chi connectivity index (χ2v) is 5.15. The number of piperidine rings is 1. The van der Waals surface area contributed by atoms with Crippen molar-refractivity contribution < 1.29 is 14.3 Å². The fraction of sp³-hybridized carbons (Fsp3) is 0.467. The highest BCUT2D eigenvalue weighted by Gasteiger charge is 2.29. The molecule has 1 saturated heterocycles. The van der Waals surface area contributed by atoms with Crippen LogP contribution in [-0.4, -0.2) is 36.4 Å². The van der Waals surface area contributed by atoms with Gasteiger partial charge in [-0.25, -0.2) is 0 Å². The molecule has 1 aromatic carbocycles. The van der Waals surface area contributed by atoms with E-state index in [1.165, 1.54) is 0 Å². The Bertz CT molecular complexity index is 545. The van der Waals surface area contributed by atoms with Crippen LogP contribution in [0.3, 0.4) is 0 Å². The molecule has 21 heavy (non-hydrogen) atoms. The quantitative estimate of drug-likeness (QED) is 0.809. The van der Waals surface area contributed by atoms with Gasteiger partial charge in [0.2, 0.25) is 5.91 Å². The molecule has 1 aromatic rings. The molecule has 2 amide bonds. The Kier molecular flexibility index (Phi) is 4.67. The molecule has 1 unspecified atom stereocenters. The Labute approximate surface area is 124 Å². The SMILES string of the molecule is CCOc1cccc(N)c1C(=O)N1CCCC(C(N)=O)C1. The molecule has 0 aromatic heterocycles. The van der Waals surface area contributed by atoms with Gasteiger partial charge in [-0.15, -0.1) is 0 Å². The fourth-order valence-corrected chi connectivity index (χ4v) is 2.60. The number of ether oxygens (including phenoxy) is 1. The summed E-state index contributed by atoms with van der Waals surface area (Å²) in [6.45, 7) is 3.24. The van der Waals surface area contributed by atoms with E-state index in [0.29, 0.717) is 36.7 Å². The van der Waals surface area contributed by atoms with Crippen molar-refractivity contribution in [2.24, 2.45) is 11.7 Å². The molecular formula is C15H21N3O3. The highest BCUT2D eigenvalue weighted by atomic mass is 16.5. The number of likely N-dealkylation sites (tertiary alicyclic amines) is 1. The lowest BCUT2D eigenvalue weighted by atomic mass is 9.96. The Hall–Kier alpha value is -2.24. The number of nitrogens with zero attached hydrogens (tertiary/aromatic N) is 1. The van der Waals surface area contributed by atoms with Crippen molar-refractivity contribution in [2.45, 2.75) is 19.8 Å². The molecule has 0 saturated carbocycles. The first kappa shape index (κ1) is 15.2. The molecule has 1 atom stereocenters. The molecule has 6 heteroatoms. The predicted octanol–water partition coefficient (Wildman–Crippen LogP) is 1.00. The third kappa shape index (κ3) is 3.26. The van der Waals surface area contributed by atoms with Crippen LogP contribution in [0.25, 0.3) is 0 Å². The van der Waals surface area contributed by atoms with E-state index >= 15 is 0 Å². The molecule has 1 aliphatic rings. The van der Waals surface area contributed by atoms with Crippen molar-refractivity contribution in [1.29, 1.82) is 0 Å². The minimum absolute atomic E-state index is 0.206. The van der Waals surface area contributed by atoms with Crippen LogP contribution in [0.15, 0.2) is 18.2 Å². The number of carbonyl (C=O) groups excluding carboxylic acids is 2. The summed E-state index contributed by atoms with van der Waals surface area (Å²) in [7, 11) is 0. The van der Waals surface area contributed by atoms with E-state index in [0.717, 1.165) is 12.8 Å². The Balaban J connectivity index is 2.25. The van der Waals surface area contributed by atoms with Gasteiger partial charge in [0.25, 0.3) is 5.91 Å². The van der Waals surface area contributed by atoms with Crippen LogP contribution in [0.5, 0.6) is 5.75 Å². The molecule has 0 aliphatic carbocycles. The fourth-order valence-electron chi connectivity index (χ4n) is 2.60. The van der Waals surface area contributed by atoms with E-state index < -0.39 is 0 Å². The van der Waals surface area contributed by atoms with Gasteiger partial charge in [-0.2, -0.15) is 0 Å². The summed E-state index contributed by atoms with van der Waals surface area (Å²) >= 11 is 0. The lowest BCUT2D eigenvalue weighted by Crippen LogP contribution is -2.44. The van der Waals surface area contributed by atoms with Gasteiger partial charge in [0.15, 0.2) is 0 Å². The standard InChI is InChI=1S/C15H21N3O3/c1-2-21-12-7-3-6-11(16)13(12)15(20)18-8-4-5-10(9-18)14(17)19/h3,6-7,10H,2,4-5,8-9,16H2,1H3,(H2,17,19). The Morgan fingerprint density at radius 3 is 2.86 bits per heavy atom. The molecule has 2 rings (SSSR count). The maximum atomic E-state index is 12.7. The zero-order valence-corrected chi connectivity index (χ0v) is 12.2. The number of primary amides is 1. The van der Waals surface area contributed by atoms with Crippen LogP contribution in [0, 0.1) is 5.92 Å². The largest absolute Gasteiger partial charge is 0.493 e. The third-order valence-corrected chi connectivity index (χ3v) is 3.68. The molecule has 4 N–H and O–H groups in total. The van der Waals surface area contributed by atoms with Gasteiger partial charge in [0, 0.05) is 18.8 Å². The number of amides is 2. The maximum absolute atomic E-state index is 12.7. The number of anilines is 1. The molecule has 0 spiro atoms. The zero-order valence-electron chi connectivity index (χ0n) is 12.2. The van der Waals surface area contributed by atoms with E-state index in [2.05, 4.69) is 0 Å². The molecular weight excluding hydrogens is 270 g/mol. The van der Waals surface area contributed by atoms with E-state index in [4.69, 9.17) is 16.2 Å². The van der Waals surface area contributed by atoms with Gasteiger partial charge in [-0.3, -0.25) is 9.59 Å². The number of carbonyl (C=O) groups is 2. The van der Waals surface area contributed by atoms with Crippen LogP contribution >= 0.6 is 0 Å². The topological polar surface area (TPSA) is 98.7 Å². The number of benzene rings is 1. The Morgan fingerprint density at radius 1 is 1.43 bits per heavy atom. The summed E-state index contributed by atoms with van der Waals surface area (Å²) in [5.74, 6) is -0.382. The average Bonchev–Trinajstić information content (AvgIpc) is 2.47. The van der Waals surface area contributed by atoms with Crippen molar-refractivity contribution in [2.75, 3.05) is 25.4 Å².